The van der Waals surface area contributed by atoms with Crippen LogP contribution < -0.4 is 14.8 Å². The van der Waals surface area contributed by atoms with Crippen molar-refractivity contribution in [3.05, 3.63) is 95.1 Å². The Hall–Kier alpha value is -3.80. The molecule has 0 heterocycles. The molecular formula is C34H42N2O4. The zero-order chi connectivity index (χ0) is 28.3. The molecule has 0 spiro atoms. The highest BCUT2D eigenvalue weighted by Gasteiger charge is 2.32. The smallest absolute Gasteiger partial charge is 0.243 e. The Balaban J connectivity index is 1.61. The van der Waals surface area contributed by atoms with Crippen molar-refractivity contribution in [1.82, 2.24) is 10.2 Å². The van der Waals surface area contributed by atoms with Crippen LogP contribution in [0.4, 0.5) is 0 Å². The summed E-state index contributed by atoms with van der Waals surface area (Å²) in [6.07, 6.45) is 6.75. The Morgan fingerprint density at radius 2 is 1.57 bits per heavy atom. The summed E-state index contributed by atoms with van der Waals surface area (Å²) in [7, 11) is 3.21. The van der Waals surface area contributed by atoms with Crippen LogP contribution in [0.25, 0.3) is 0 Å². The van der Waals surface area contributed by atoms with E-state index in [4.69, 9.17) is 9.47 Å². The van der Waals surface area contributed by atoms with Gasteiger partial charge in [0.05, 0.1) is 14.2 Å². The minimum atomic E-state index is -0.609. The molecule has 0 bridgehead atoms. The van der Waals surface area contributed by atoms with Crippen LogP contribution in [0, 0.1) is 6.92 Å². The van der Waals surface area contributed by atoms with Crippen LogP contribution in [0.3, 0.4) is 0 Å². The molecule has 4 rings (SSSR count). The van der Waals surface area contributed by atoms with E-state index in [-0.39, 0.29) is 24.3 Å². The summed E-state index contributed by atoms with van der Waals surface area (Å²) in [6, 6.07) is 23.4. The molecule has 0 radical (unpaired) electrons. The molecule has 1 N–H and O–H groups in total. The molecule has 6 nitrogen and oxygen atoms in total. The van der Waals surface area contributed by atoms with E-state index in [0.717, 1.165) is 47.9 Å². The number of nitrogens with one attached hydrogen (secondary N) is 1. The average Bonchev–Trinajstić information content (AvgIpc) is 2.99. The molecule has 1 atom stereocenters. The maximum absolute atomic E-state index is 14.0. The number of ether oxygens (including phenoxy) is 2. The van der Waals surface area contributed by atoms with Crippen LogP contribution in [-0.2, 0) is 29.0 Å². The predicted molar refractivity (Wildman–Crippen MR) is 159 cm³/mol. The number of benzene rings is 3. The van der Waals surface area contributed by atoms with Gasteiger partial charge in [-0.05, 0) is 60.6 Å². The molecule has 0 aromatic heterocycles. The summed E-state index contributed by atoms with van der Waals surface area (Å²) in [5.41, 5.74) is 4.17. The van der Waals surface area contributed by atoms with Gasteiger partial charge in [-0.25, -0.2) is 0 Å². The largest absolute Gasteiger partial charge is 0.493 e. The Morgan fingerprint density at radius 1 is 0.875 bits per heavy atom. The highest BCUT2D eigenvalue weighted by Crippen LogP contribution is 2.28. The lowest BCUT2D eigenvalue weighted by Gasteiger charge is -2.34. The maximum Gasteiger partial charge on any atom is 0.243 e. The molecule has 212 valence electrons. The number of methoxy groups -OCH3 is 2. The maximum atomic E-state index is 14.0. The third-order valence-electron chi connectivity index (χ3n) is 7.90. The van der Waals surface area contributed by atoms with E-state index in [9.17, 15) is 9.59 Å². The zero-order valence-corrected chi connectivity index (χ0v) is 24.0. The van der Waals surface area contributed by atoms with Crippen LogP contribution in [0.15, 0.2) is 72.8 Å². The van der Waals surface area contributed by atoms with E-state index in [2.05, 4.69) is 18.3 Å². The van der Waals surface area contributed by atoms with Crippen LogP contribution in [0.1, 0.15) is 60.8 Å². The lowest BCUT2D eigenvalue weighted by molar-refractivity contribution is -0.141. The van der Waals surface area contributed by atoms with E-state index in [1.165, 1.54) is 6.42 Å². The molecule has 1 fully saturated rings. The fourth-order valence-electron chi connectivity index (χ4n) is 5.50. The van der Waals surface area contributed by atoms with Gasteiger partial charge in [0.2, 0.25) is 11.8 Å². The van der Waals surface area contributed by atoms with Gasteiger partial charge in [-0.15, -0.1) is 0 Å². The molecule has 1 aliphatic carbocycles. The number of hydrogen-bond donors (Lipinski definition) is 1. The van der Waals surface area contributed by atoms with E-state index >= 15 is 0 Å². The number of nitrogens with zero attached hydrogens (tertiary/aromatic N) is 1. The molecule has 1 saturated carbocycles. The van der Waals surface area contributed by atoms with E-state index in [1.807, 2.05) is 66.7 Å². The normalized spacial score (nSPS) is 14.3. The number of amides is 2. The highest BCUT2D eigenvalue weighted by molar-refractivity contribution is 5.88. The molecule has 0 saturated heterocycles. The van der Waals surface area contributed by atoms with Crippen molar-refractivity contribution in [2.24, 2.45) is 0 Å². The van der Waals surface area contributed by atoms with Gasteiger partial charge in [0.1, 0.15) is 6.04 Å². The topological polar surface area (TPSA) is 67.9 Å². The first-order valence-corrected chi connectivity index (χ1v) is 14.4. The molecule has 6 heteroatoms. The predicted octanol–water partition coefficient (Wildman–Crippen LogP) is 6.03. The van der Waals surface area contributed by atoms with E-state index in [0.29, 0.717) is 30.9 Å². The third kappa shape index (κ3) is 7.87. The van der Waals surface area contributed by atoms with Crippen LogP contribution in [0.5, 0.6) is 11.5 Å². The quantitative estimate of drug-likeness (QED) is 0.303. The Morgan fingerprint density at radius 3 is 2.27 bits per heavy atom. The summed E-state index contributed by atoms with van der Waals surface area (Å²) >= 11 is 0. The second-order valence-electron chi connectivity index (χ2n) is 10.7. The average molecular weight is 543 g/mol. The number of carbonyl (C=O) groups excluding carboxylic acids is 2. The molecule has 0 unspecified atom stereocenters. The molecular weight excluding hydrogens is 500 g/mol. The molecule has 1 aliphatic rings. The Kier molecular flexibility index (Phi) is 10.6. The van der Waals surface area contributed by atoms with Crippen LogP contribution in [-0.4, -0.2) is 43.0 Å². The van der Waals surface area contributed by atoms with Gasteiger partial charge in [-0.1, -0.05) is 79.9 Å². The van der Waals surface area contributed by atoms with Crippen molar-refractivity contribution in [2.75, 3.05) is 14.2 Å². The second kappa shape index (κ2) is 14.5. The fraction of sp³-hybridized carbons (Fsp3) is 0.412. The van der Waals surface area contributed by atoms with Gasteiger partial charge in [0, 0.05) is 25.4 Å². The molecule has 3 aromatic carbocycles. The minimum absolute atomic E-state index is 0.0437. The van der Waals surface area contributed by atoms with Gasteiger partial charge >= 0.3 is 0 Å². The fourth-order valence-corrected chi connectivity index (χ4v) is 5.50. The van der Waals surface area contributed by atoms with Gasteiger partial charge in [-0.3, -0.25) is 9.59 Å². The van der Waals surface area contributed by atoms with Crippen molar-refractivity contribution in [3.63, 3.8) is 0 Å². The molecule has 2 amide bonds. The van der Waals surface area contributed by atoms with Crippen molar-refractivity contribution in [3.8, 4) is 11.5 Å². The Labute approximate surface area is 238 Å². The van der Waals surface area contributed by atoms with E-state index in [1.54, 1.807) is 19.1 Å². The van der Waals surface area contributed by atoms with Crippen LogP contribution in [0.2, 0.25) is 0 Å². The van der Waals surface area contributed by atoms with Gasteiger partial charge in [0.25, 0.3) is 0 Å². The molecule has 40 heavy (non-hydrogen) atoms. The summed E-state index contributed by atoms with van der Waals surface area (Å²) < 4.78 is 10.8. The first-order chi connectivity index (χ1) is 19.5. The van der Waals surface area contributed by atoms with Gasteiger partial charge in [0.15, 0.2) is 11.5 Å². The standard InChI is InChI=1S/C34H42N2O4/c1-25-12-10-11-15-28(25)24-36(33(37)21-19-27-18-20-31(39-2)32(23-27)40-3)30(22-26-13-6-4-7-14-26)34(38)35-29-16-8-5-9-17-29/h4,6-7,10-15,18,20,23,29-30H,5,8-9,16-17,19,21-22,24H2,1-3H3,(H,35,38)/t30-/m0/s1. The van der Waals surface area contributed by atoms with Crippen LogP contribution >= 0.6 is 0 Å². The first kappa shape index (κ1) is 29.2. The zero-order valence-electron chi connectivity index (χ0n) is 24.0. The lowest BCUT2D eigenvalue weighted by Crippen LogP contribution is -2.53. The van der Waals surface area contributed by atoms with Crippen molar-refractivity contribution < 1.29 is 19.1 Å². The summed E-state index contributed by atoms with van der Waals surface area (Å²) in [5, 5.41) is 3.31. The molecule has 3 aromatic rings. The van der Waals surface area contributed by atoms with Gasteiger partial charge < -0.3 is 19.7 Å². The summed E-state index contributed by atoms with van der Waals surface area (Å²) in [4.78, 5) is 29.8. The lowest BCUT2D eigenvalue weighted by atomic mass is 9.94. The third-order valence-corrected chi connectivity index (χ3v) is 7.90. The van der Waals surface area contributed by atoms with E-state index < -0.39 is 6.04 Å². The highest BCUT2D eigenvalue weighted by atomic mass is 16.5. The molecule has 0 aliphatic heterocycles. The summed E-state index contributed by atoms with van der Waals surface area (Å²) in [5.74, 6) is 1.18. The second-order valence-corrected chi connectivity index (χ2v) is 10.7. The van der Waals surface area contributed by atoms with Crippen molar-refractivity contribution in [1.29, 1.82) is 0 Å². The number of carbonyl (C=O) groups is 2. The Bertz CT molecular complexity index is 1250. The number of aryl methyl sites for hydroxylation is 2. The minimum Gasteiger partial charge on any atom is -0.493 e. The van der Waals surface area contributed by atoms with Crippen molar-refractivity contribution in [2.45, 2.75) is 76.9 Å². The van der Waals surface area contributed by atoms with Crippen molar-refractivity contribution >= 4 is 11.8 Å². The number of rotatable bonds is 12. The monoisotopic (exact) mass is 542 g/mol. The first-order valence-electron chi connectivity index (χ1n) is 14.4. The summed E-state index contributed by atoms with van der Waals surface area (Å²) in [6.45, 7) is 2.43. The van der Waals surface area contributed by atoms with Gasteiger partial charge in [-0.2, -0.15) is 0 Å². The SMILES string of the molecule is COc1ccc(CCC(=O)N(Cc2ccccc2C)[C@@H](Cc2ccccc2)C(=O)NC2CCCCC2)cc1OC. The number of hydrogen-bond acceptors (Lipinski definition) is 4.